The molecule has 4 bridgehead atoms. The number of carbonyl (C=O) groups excluding carboxylic acids is 3. The van der Waals surface area contributed by atoms with Crippen LogP contribution in [0.25, 0.3) is 0 Å². The van der Waals surface area contributed by atoms with E-state index >= 15 is 0 Å². The number of hydrogen-bond acceptors (Lipinski definition) is 17. The number of carbonyl (C=O) groups is 4. The van der Waals surface area contributed by atoms with Gasteiger partial charge in [0.1, 0.15) is 29.3 Å². The number of nitrogens with two attached hydrogens (primary N) is 3. The number of amides is 1. The maximum absolute atomic E-state index is 13.0. The lowest BCUT2D eigenvalue weighted by Crippen LogP contribution is -2.54. The van der Waals surface area contributed by atoms with Crippen LogP contribution in [0.2, 0.25) is 10.0 Å². The molecule has 75 heavy (non-hydrogen) atoms. The van der Waals surface area contributed by atoms with E-state index < -0.39 is 5.97 Å². The minimum Gasteiger partial charge on any atom is -0.496 e. The van der Waals surface area contributed by atoms with E-state index in [1.807, 2.05) is 0 Å². The van der Waals surface area contributed by atoms with Gasteiger partial charge in [-0.1, -0.05) is 36.0 Å². The lowest BCUT2D eigenvalue weighted by atomic mass is 9.86. The molecule has 420 valence electrons. The van der Waals surface area contributed by atoms with Crippen molar-refractivity contribution in [1.29, 1.82) is 0 Å². The number of hydrogen-bond donors (Lipinski definition) is 5. The number of esters is 2. The fraction of sp³-hybridized carbons (Fsp3) is 0.704. The molecule has 0 spiro atoms. The first kappa shape index (κ1) is 60.1. The van der Waals surface area contributed by atoms with Gasteiger partial charge in [-0.25, -0.2) is 4.79 Å². The number of nitrogens with zero attached hydrogens (tertiary/aromatic N) is 4. The first-order valence-electron chi connectivity index (χ1n) is 27.0. The normalized spacial score (nSPS) is 27.2. The Bertz CT molecular complexity index is 2160. The van der Waals surface area contributed by atoms with Crippen LogP contribution in [0.5, 0.6) is 11.5 Å². The highest BCUT2D eigenvalue weighted by Gasteiger charge is 2.38. The largest absolute Gasteiger partial charge is 0.496 e. The molecule has 8 N–H and O–H groups in total. The summed E-state index contributed by atoms with van der Waals surface area (Å²) in [6.45, 7) is 12.1. The Hall–Kier alpha value is -4.18. The van der Waals surface area contributed by atoms with Crippen LogP contribution in [0.15, 0.2) is 24.3 Å². The van der Waals surface area contributed by atoms with Crippen molar-refractivity contribution in [2.45, 2.75) is 126 Å². The van der Waals surface area contributed by atoms with E-state index in [0.717, 1.165) is 130 Å². The quantitative estimate of drug-likeness (QED) is 0.0562. The molecule has 0 aromatic heterocycles. The van der Waals surface area contributed by atoms with Crippen LogP contribution in [0.4, 0.5) is 11.4 Å². The Labute approximate surface area is 453 Å². The number of ether oxygens (including phenoxy) is 6. The van der Waals surface area contributed by atoms with E-state index in [1.165, 1.54) is 58.3 Å². The molecule has 21 heteroatoms. The zero-order valence-electron chi connectivity index (χ0n) is 44.6. The number of halogens is 2. The summed E-state index contributed by atoms with van der Waals surface area (Å²) in [5, 5.41) is 12.3. The van der Waals surface area contributed by atoms with Gasteiger partial charge < -0.3 is 65.8 Å². The van der Waals surface area contributed by atoms with Crippen molar-refractivity contribution in [3.63, 3.8) is 0 Å². The second-order valence-corrected chi connectivity index (χ2v) is 21.7. The number of aromatic carboxylic acids is 1. The molecule has 8 saturated heterocycles. The van der Waals surface area contributed by atoms with E-state index in [0.29, 0.717) is 52.4 Å². The van der Waals surface area contributed by atoms with E-state index in [9.17, 15) is 19.2 Å². The van der Waals surface area contributed by atoms with Crippen molar-refractivity contribution in [2.24, 2.45) is 17.6 Å². The Kier molecular flexibility index (Phi) is 24.1. The van der Waals surface area contributed by atoms with Gasteiger partial charge in [0.05, 0.1) is 59.5 Å². The molecule has 8 aliphatic rings. The summed E-state index contributed by atoms with van der Waals surface area (Å²) in [6.07, 6.45) is 13.8. The third-order valence-corrected chi connectivity index (χ3v) is 16.5. The molecule has 4 unspecified atom stereocenters. The number of carboxylic acids is 1. The Morgan fingerprint density at radius 3 is 1.48 bits per heavy atom. The van der Waals surface area contributed by atoms with Crippen molar-refractivity contribution in [2.75, 3.05) is 118 Å². The molecule has 19 nitrogen and oxygen atoms in total. The number of anilines is 2. The Morgan fingerprint density at radius 1 is 0.587 bits per heavy atom. The average molecular weight is 1090 g/mol. The molecule has 8 fully saturated rings. The van der Waals surface area contributed by atoms with E-state index in [2.05, 4.69) is 24.9 Å². The third kappa shape index (κ3) is 17.9. The summed E-state index contributed by atoms with van der Waals surface area (Å²) in [7, 11) is 6.29. The first-order valence-corrected chi connectivity index (χ1v) is 27.7. The molecule has 1 amide bonds. The van der Waals surface area contributed by atoms with Gasteiger partial charge in [0.2, 0.25) is 0 Å². The van der Waals surface area contributed by atoms with Crippen molar-refractivity contribution in [1.82, 2.24) is 24.9 Å². The van der Waals surface area contributed by atoms with Gasteiger partial charge in [0.15, 0.2) is 0 Å². The summed E-state index contributed by atoms with van der Waals surface area (Å²) < 4.78 is 32.9. The summed E-state index contributed by atoms with van der Waals surface area (Å²) in [5.74, 6) is 0.349. The van der Waals surface area contributed by atoms with Gasteiger partial charge in [0, 0.05) is 78.0 Å². The molecule has 0 aliphatic carbocycles. The molecule has 2 aromatic rings. The number of rotatable bonds is 21. The van der Waals surface area contributed by atoms with Crippen LogP contribution in [-0.4, -0.2) is 192 Å². The van der Waals surface area contributed by atoms with E-state index in [-0.39, 0.29) is 70.7 Å². The number of benzene rings is 2. The highest BCUT2D eigenvalue weighted by molar-refractivity contribution is 6.34. The van der Waals surface area contributed by atoms with Crippen molar-refractivity contribution in [3.05, 3.63) is 45.4 Å². The van der Waals surface area contributed by atoms with Gasteiger partial charge in [-0.05, 0) is 134 Å². The van der Waals surface area contributed by atoms with E-state index in [4.69, 9.17) is 73.9 Å². The van der Waals surface area contributed by atoms with Gasteiger partial charge >= 0.3 is 17.9 Å². The maximum Gasteiger partial charge on any atom is 0.339 e. The summed E-state index contributed by atoms with van der Waals surface area (Å²) in [6, 6.07) is 5.79. The molecule has 8 aliphatic heterocycles. The summed E-state index contributed by atoms with van der Waals surface area (Å²) >= 11 is 11.8. The lowest BCUT2D eigenvalue weighted by molar-refractivity contribution is -0.159. The second-order valence-electron chi connectivity index (χ2n) is 20.9. The number of methoxy groups -OCH3 is 4. The predicted octanol–water partition coefficient (Wildman–Crippen LogP) is 5.81. The van der Waals surface area contributed by atoms with Gasteiger partial charge in [-0.3, -0.25) is 24.2 Å². The molecular weight excluding hydrogens is 1010 g/mol. The lowest BCUT2D eigenvalue weighted by Gasteiger charge is -2.43. The number of unbranched alkanes of at least 4 members (excludes halogenated alkanes) is 4. The third-order valence-electron chi connectivity index (χ3n) is 15.8. The second kappa shape index (κ2) is 30.1. The van der Waals surface area contributed by atoms with Crippen molar-refractivity contribution in [3.8, 4) is 11.5 Å². The topological polar surface area (TPSA) is 247 Å². The molecule has 2 aromatic carbocycles. The average Bonchev–Trinajstić information content (AvgIpc) is 3.41. The molecule has 10 rings (SSSR count). The van der Waals surface area contributed by atoms with Crippen LogP contribution >= 0.6 is 23.2 Å². The SMILES string of the molecule is COC1CN(CCCCCC(=O)O[C@H]2CN3CCC2CC3)CCC1N.COc1cc(N)c(Cl)cc1C(=O)NC1CCN(CCCCCC(=O)O[C@H]2CN3CCC2CC3)CC1OC.COc1cc(N)c(Cl)cc1C(=O)O. The number of nitrogens with one attached hydrogen (secondary N) is 1. The smallest absolute Gasteiger partial charge is 0.339 e. The molecule has 6 atom stereocenters. The predicted molar refractivity (Wildman–Crippen MR) is 290 cm³/mol. The van der Waals surface area contributed by atoms with E-state index in [1.54, 1.807) is 20.3 Å². The fourth-order valence-corrected chi connectivity index (χ4v) is 11.5. The van der Waals surface area contributed by atoms with Gasteiger partial charge in [-0.15, -0.1) is 0 Å². The van der Waals surface area contributed by atoms with Gasteiger partial charge in [-0.2, -0.15) is 0 Å². The number of likely N-dealkylation sites (tertiary alicyclic amines) is 2. The minimum atomic E-state index is -1.10. The van der Waals surface area contributed by atoms with Crippen molar-refractivity contribution >= 4 is 58.4 Å². The Balaban J connectivity index is 0.000000206. The highest BCUT2D eigenvalue weighted by atomic mass is 35.5. The standard InChI is InChI=1S/C27H41ClN4O5.C19H35N3O3.C8H8ClNO3/c1-35-23-15-21(29)20(28)14-19(23)27(34)30-22-9-13-31(17-25(22)36-2)10-5-3-4-6-26(33)37-24-16-32-11-7-18(24)8-12-32;1-24-18-14-21(12-8-16(18)20)9-4-2-3-5-19(23)25-17-13-22-10-6-15(17)7-11-22;1-13-7-3-6(10)5(9)2-4(7)8(11)12/h14-15,18,22,24-25H,3-13,16-17,29H2,1-2H3,(H,30,34);15-18H,2-14,20H2,1H3;2-3H,10H2,1H3,(H,11,12)/t22?,24-,25?;16?,17-,18?;/m00./s1. The first-order chi connectivity index (χ1) is 36.1. The van der Waals surface area contributed by atoms with Gasteiger partial charge in [0.25, 0.3) is 5.91 Å². The zero-order valence-corrected chi connectivity index (χ0v) is 46.1. The molecular formula is C54H84Cl2N8O11. The monoisotopic (exact) mass is 1090 g/mol. The van der Waals surface area contributed by atoms with Crippen molar-refractivity contribution < 1.29 is 52.7 Å². The van der Waals surface area contributed by atoms with Crippen LogP contribution < -0.4 is 32.0 Å². The van der Waals surface area contributed by atoms with Crippen LogP contribution in [-0.2, 0) is 28.5 Å². The number of carboxylic acid groups (broad SMARTS) is 1. The summed E-state index contributed by atoms with van der Waals surface area (Å²) in [5.41, 5.74) is 18.4. The summed E-state index contributed by atoms with van der Waals surface area (Å²) in [4.78, 5) is 57.7. The molecule has 0 radical (unpaired) electrons. The molecule has 0 saturated carbocycles. The minimum absolute atomic E-state index is 0.00157. The van der Waals surface area contributed by atoms with Crippen LogP contribution in [0.1, 0.15) is 111 Å². The number of fused-ring (bicyclic) bond motifs is 6. The zero-order chi connectivity index (χ0) is 54.0. The van der Waals surface area contributed by atoms with Crippen LogP contribution in [0.3, 0.4) is 0 Å². The maximum atomic E-state index is 13.0. The Morgan fingerprint density at radius 2 is 1.04 bits per heavy atom. The molecule has 8 heterocycles. The number of nitrogen functional groups attached to an aromatic ring is 2. The fourth-order valence-electron chi connectivity index (χ4n) is 11.2. The number of piperidine rings is 8. The highest BCUT2D eigenvalue weighted by Crippen LogP contribution is 2.33. The van der Waals surface area contributed by atoms with Crippen LogP contribution in [0, 0.1) is 11.8 Å².